The molecule has 0 spiro atoms. The highest BCUT2D eigenvalue weighted by atomic mass is 16.2. The van der Waals surface area contributed by atoms with E-state index >= 15 is 0 Å². The minimum absolute atomic E-state index is 0.171. The van der Waals surface area contributed by atoms with Gasteiger partial charge in [0.1, 0.15) is 5.39 Å². The van der Waals surface area contributed by atoms with Crippen LogP contribution in [0.4, 0.5) is 5.95 Å². The monoisotopic (exact) mass is 358 g/mol. The Morgan fingerprint density at radius 3 is 2.65 bits per heavy atom. The number of rotatable bonds is 2. The van der Waals surface area contributed by atoms with Crippen molar-refractivity contribution < 1.29 is 4.79 Å². The van der Waals surface area contributed by atoms with Crippen LogP contribution in [-0.4, -0.2) is 56.7 Å². The maximum absolute atomic E-state index is 12.5. The van der Waals surface area contributed by atoms with Gasteiger partial charge in [0.05, 0.1) is 11.7 Å². The Morgan fingerprint density at radius 2 is 1.96 bits per heavy atom. The number of carbonyl (C=O) groups is 1. The van der Waals surface area contributed by atoms with E-state index in [0.717, 1.165) is 32.4 Å². The molecule has 2 fully saturated rings. The van der Waals surface area contributed by atoms with Crippen LogP contribution in [0.2, 0.25) is 0 Å². The van der Waals surface area contributed by atoms with Crippen LogP contribution in [0.25, 0.3) is 11.0 Å². The summed E-state index contributed by atoms with van der Waals surface area (Å²) in [5.74, 6) is 1.10. The van der Waals surface area contributed by atoms with E-state index < -0.39 is 0 Å². The molecule has 2 aromatic heterocycles. The predicted molar refractivity (Wildman–Crippen MR) is 99.3 cm³/mol. The Bertz CT molecular complexity index is 889. The number of carbonyl (C=O) groups excluding carboxylic acids is 1. The molecule has 0 radical (unpaired) electrons. The molecule has 8 heteroatoms. The summed E-state index contributed by atoms with van der Waals surface area (Å²) in [5.41, 5.74) is 0.175. The van der Waals surface area contributed by atoms with Gasteiger partial charge in [0.25, 0.3) is 5.56 Å². The van der Waals surface area contributed by atoms with Gasteiger partial charge in [0, 0.05) is 32.1 Å². The van der Waals surface area contributed by atoms with Crippen molar-refractivity contribution in [1.82, 2.24) is 24.6 Å². The van der Waals surface area contributed by atoms with Crippen LogP contribution in [0, 0.1) is 5.92 Å². The van der Waals surface area contributed by atoms with Crippen LogP contribution in [0.3, 0.4) is 0 Å². The standard InChI is InChI=1S/C18H26N6O2/c1-18(2,3)24-14-13(11-19-24)15(25)21-17(20-14)23-8-4-7-22(9-10-23)16(26)12-5-6-12/h11-12H,4-10H2,1-3H3,(H,20,21,25). The largest absolute Gasteiger partial charge is 0.341 e. The van der Waals surface area contributed by atoms with Gasteiger partial charge < -0.3 is 9.80 Å². The second-order valence-electron chi connectivity index (χ2n) is 8.29. The van der Waals surface area contributed by atoms with Crippen molar-refractivity contribution in [2.24, 2.45) is 5.92 Å². The molecule has 1 aliphatic carbocycles. The Morgan fingerprint density at radius 1 is 1.19 bits per heavy atom. The van der Waals surface area contributed by atoms with Gasteiger partial charge >= 0.3 is 0 Å². The van der Waals surface area contributed by atoms with Gasteiger partial charge in [-0.2, -0.15) is 10.1 Å². The fourth-order valence-corrected chi connectivity index (χ4v) is 3.49. The van der Waals surface area contributed by atoms with Crippen molar-refractivity contribution in [3.8, 4) is 0 Å². The summed E-state index contributed by atoms with van der Waals surface area (Å²) in [7, 11) is 0. The summed E-state index contributed by atoms with van der Waals surface area (Å²) in [6, 6.07) is 0. The summed E-state index contributed by atoms with van der Waals surface area (Å²) in [6.07, 6.45) is 4.51. The highest BCUT2D eigenvalue weighted by Gasteiger charge is 2.34. The molecule has 2 aliphatic rings. The quantitative estimate of drug-likeness (QED) is 0.875. The first kappa shape index (κ1) is 17.1. The molecule has 0 unspecified atom stereocenters. The first-order valence-corrected chi connectivity index (χ1v) is 9.37. The number of nitrogens with zero attached hydrogens (tertiary/aromatic N) is 5. The van der Waals surface area contributed by atoms with Crippen LogP contribution < -0.4 is 10.5 Å². The Balaban J connectivity index is 1.62. The molecule has 26 heavy (non-hydrogen) atoms. The van der Waals surface area contributed by atoms with Gasteiger partial charge in [-0.15, -0.1) is 0 Å². The first-order chi connectivity index (χ1) is 12.3. The van der Waals surface area contributed by atoms with Gasteiger partial charge in [-0.3, -0.25) is 14.6 Å². The molecule has 0 aromatic carbocycles. The Labute approximate surface area is 152 Å². The molecule has 2 aromatic rings. The van der Waals surface area contributed by atoms with Gasteiger partial charge in [-0.1, -0.05) is 0 Å². The zero-order chi connectivity index (χ0) is 18.5. The lowest BCUT2D eigenvalue weighted by atomic mass is 10.1. The van der Waals surface area contributed by atoms with Crippen molar-refractivity contribution in [1.29, 1.82) is 0 Å². The zero-order valence-corrected chi connectivity index (χ0v) is 15.7. The minimum Gasteiger partial charge on any atom is -0.341 e. The third-order valence-electron chi connectivity index (χ3n) is 5.09. The van der Waals surface area contributed by atoms with E-state index in [0.29, 0.717) is 30.1 Å². The van der Waals surface area contributed by atoms with E-state index in [1.807, 2.05) is 25.7 Å². The second kappa shape index (κ2) is 6.10. The van der Waals surface area contributed by atoms with Gasteiger partial charge in [0.15, 0.2) is 5.65 Å². The van der Waals surface area contributed by atoms with E-state index in [1.54, 1.807) is 10.9 Å². The molecule has 1 amide bonds. The number of H-pyrrole nitrogens is 1. The van der Waals surface area contributed by atoms with Crippen molar-refractivity contribution in [3.05, 3.63) is 16.6 Å². The van der Waals surface area contributed by atoms with Crippen LogP contribution in [0.5, 0.6) is 0 Å². The SMILES string of the molecule is CC(C)(C)n1ncc2c(=O)[nH]c(N3CCCN(C(=O)C4CC4)CC3)nc21. The Hall–Kier alpha value is -2.38. The topological polar surface area (TPSA) is 87.1 Å². The fourth-order valence-electron chi connectivity index (χ4n) is 3.49. The van der Waals surface area contributed by atoms with Crippen LogP contribution in [-0.2, 0) is 10.3 Å². The summed E-state index contributed by atoms with van der Waals surface area (Å²) < 4.78 is 1.79. The van der Waals surface area contributed by atoms with E-state index in [9.17, 15) is 9.59 Å². The fraction of sp³-hybridized carbons (Fsp3) is 0.667. The molecule has 0 atom stereocenters. The molecule has 3 heterocycles. The van der Waals surface area contributed by atoms with Crippen molar-refractivity contribution in [2.45, 2.75) is 45.6 Å². The third kappa shape index (κ3) is 3.08. The van der Waals surface area contributed by atoms with E-state index in [2.05, 4.69) is 15.0 Å². The maximum atomic E-state index is 12.5. The molecule has 4 rings (SSSR count). The van der Waals surface area contributed by atoms with Crippen LogP contribution >= 0.6 is 0 Å². The number of anilines is 1. The van der Waals surface area contributed by atoms with Crippen LogP contribution in [0.15, 0.2) is 11.0 Å². The second-order valence-corrected chi connectivity index (χ2v) is 8.29. The van der Waals surface area contributed by atoms with E-state index in [-0.39, 0.29) is 22.9 Å². The number of aromatic nitrogens is 4. The summed E-state index contributed by atoms with van der Waals surface area (Å²) in [4.78, 5) is 36.5. The lowest BCUT2D eigenvalue weighted by molar-refractivity contribution is -0.132. The molecular formula is C18H26N6O2. The summed E-state index contributed by atoms with van der Waals surface area (Å²) >= 11 is 0. The van der Waals surface area contributed by atoms with E-state index in [1.165, 1.54) is 0 Å². The molecule has 1 saturated heterocycles. The Kier molecular flexibility index (Phi) is 4.00. The number of aromatic amines is 1. The summed E-state index contributed by atoms with van der Waals surface area (Å²) in [5, 5.41) is 4.86. The number of amides is 1. The lowest BCUT2D eigenvalue weighted by Gasteiger charge is -2.23. The molecule has 8 nitrogen and oxygen atoms in total. The molecule has 140 valence electrons. The maximum Gasteiger partial charge on any atom is 0.263 e. The zero-order valence-electron chi connectivity index (χ0n) is 15.7. The highest BCUT2D eigenvalue weighted by molar-refractivity contribution is 5.81. The number of fused-ring (bicyclic) bond motifs is 1. The molecule has 1 saturated carbocycles. The molecule has 1 N–H and O–H groups in total. The third-order valence-corrected chi connectivity index (χ3v) is 5.09. The van der Waals surface area contributed by atoms with Crippen molar-refractivity contribution in [2.75, 3.05) is 31.1 Å². The van der Waals surface area contributed by atoms with E-state index in [4.69, 9.17) is 4.98 Å². The molecule has 1 aliphatic heterocycles. The van der Waals surface area contributed by atoms with Crippen LogP contribution in [0.1, 0.15) is 40.0 Å². The molecular weight excluding hydrogens is 332 g/mol. The number of hydrogen-bond donors (Lipinski definition) is 1. The lowest BCUT2D eigenvalue weighted by Crippen LogP contribution is -2.36. The number of nitrogens with one attached hydrogen (secondary N) is 1. The van der Waals surface area contributed by atoms with Gasteiger partial charge in [0.2, 0.25) is 11.9 Å². The van der Waals surface area contributed by atoms with Gasteiger partial charge in [-0.25, -0.2) is 4.68 Å². The number of hydrogen-bond acceptors (Lipinski definition) is 5. The van der Waals surface area contributed by atoms with Gasteiger partial charge in [-0.05, 0) is 40.0 Å². The average Bonchev–Trinajstić information content (AvgIpc) is 3.36. The molecule has 0 bridgehead atoms. The normalized spacial score (nSPS) is 19.0. The first-order valence-electron chi connectivity index (χ1n) is 9.37. The van der Waals surface area contributed by atoms with Crippen molar-refractivity contribution >= 4 is 22.9 Å². The average molecular weight is 358 g/mol. The predicted octanol–water partition coefficient (Wildman–Crippen LogP) is 1.32. The van der Waals surface area contributed by atoms with Crippen molar-refractivity contribution in [3.63, 3.8) is 0 Å². The highest BCUT2D eigenvalue weighted by Crippen LogP contribution is 2.31. The smallest absolute Gasteiger partial charge is 0.263 e. The summed E-state index contributed by atoms with van der Waals surface area (Å²) in [6.45, 7) is 9.01. The minimum atomic E-state index is -0.258.